The average molecular weight is 237 g/mol. The van der Waals surface area contributed by atoms with Crippen molar-refractivity contribution in [2.45, 2.75) is 38.1 Å². The highest BCUT2D eigenvalue weighted by Gasteiger charge is 2.14. The summed E-state index contributed by atoms with van der Waals surface area (Å²) >= 11 is 4.22. The van der Waals surface area contributed by atoms with Crippen molar-refractivity contribution < 1.29 is 4.79 Å². The number of thiol groups is 1. The number of rotatable bonds is 4. The van der Waals surface area contributed by atoms with Crippen LogP contribution in [0, 0.1) is 5.92 Å². The van der Waals surface area contributed by atoms with Crippen LogP contribution in [0.25, 0.3) is 0 Å². The minimum Gasteiger partial charge on any atom is -0.349 e. The van der Waals surface area contributed by atoms with Crippen molar-refractivity contribution >= 4 is 18.5 Å². The number of nitrogens with one attached hydrogen (secondary N) is 1. The first-order chi connectivity index (χ1) is 7.54. The van der Waals surface area contributed by atoms with Gasteiger partial charge in [0.2, 0.25) is 0 Å². The third-order valence-electron chi connectivity index (χ3n) is 2.96. The molecule has 0 spiro atoms. The summed E-state index contributed by atoms with van der Waals surface area (Å²) in [5.74, 6) is 0.465. The van der Waals surface area contributed by atoms with E-state index in [1.807, 2.05) is 19.1 Å². The summed E-state index contributed by atoms with van der Waals surface area (Å²) in [6, 6.07) is 7.48. The molecule has 0 fully saturated rings. The molecule has 0 aliphatic rings. The van der Waals surface area contributed by atoms with Crippen LogP contribution in [0.5, 0.6) is 0 Å². The van der Waals surface area contributed by atoms with E-state index in [9.17, 15) is 4.79 Å². The summed E-state index contributed by atoms with van der Waals surface area (Å²) in [5.41, 5.74) is 0.669. The molecule has 0 aromatic heterocycles. The molecule has 1 N–H and O–H groups in total. The molecule has 0 aliphatic heterocycles. The van der Waals surface area contributed by atoms with Gasteiger partial charge in [-0.2, -0.15) is 0 Å². The Bertz CT molecular complexity index is 365. The van der Waals surface area contributed by atoms with Crippen molar-refractivity contribution in [1.82, 2.24) is 5.32 Å². The second-order valence-corrected chi connectivity index (χ2v) is 4.71. The van der Waals surface area contributed by atoms with Crippen molar-refractivity contribution in [2.24, 2.45) is 5.92 Å². The van der Waals surface area contributed by atoms with E-state index in [1.54, 1.807) is 12.1 Å². The predicted octanol–water partition coefficient (Wildman–Crippen LogP) is 3.14. The SMILES string of the molecule is CCC(C)C(C)NC(=O)c1cccc(S)c1. The normalized spacial score (nSPS) is 14.2. The highest BCUT2D eigenvalue weighted by Crippen LogP contribution is 2.11. The highest BCUT2D eigenvalue weighted by atomic mass is 32.1. The van der Waals surface area contributed by atoms with E-state index in [-0.39, 0.29) is 11.9 Å². The maximum atomic E-state index is 11.9. The minimum absolute atomic E-state index is 0.0244. The number of hydrogen-bond donors (Lipinski definition) is 2. The lowest BCUT2D eigenvalue weighted by molar-refractivity contribution is 0.0928. The third kappa shape index (κ3) is 3.56. The van der Waals surface area contributed by atoms with E-state index in [0.717, 1.165) is 11.3 Å². The quantitative estimate of drug-likeness (QED) is 0.774. The molecular formula is C13H19NOS. The van der Waals surface area contributed by atoms with E-state index in [2.05, 4.69) is 31.8 Å². The van der Waals surface area contributed by atoms with Gasteiger partial charge in [-0.15, -0.1) is 12.6 Å². The fraction of sp³-hybridized carbons (Fsp3) is 0.462. The van der Waals surface area contributed by atoms with Crippen LogP contribution in [0.4, 0.5) is 0 Å². The number of carbonyl (C=O) groups excluding carboxylic acids is 1. The van der Waals surface area contributed by atoms with Crippen LogP contribution < -0.4 is 5.32 Å². The molecule has 0 saturated heterocycles. The summed E-state index contributed by atoms with van der Waals surface area (Å²) in [4.78, 5) is 12.7. The summed E-state index contributed by atoms with van der Waals surface area (Å²) in [6.45, 7) is 6.30. The maximum absolute atomic E-state index is 11.9. The molecule has 2 nitrogen and oxygen atoms in total. The van der Waals surface area contributed by atoms with Crippen LogP contribution >= 0.6 is 12.6 Å². The fourth-order valence-corrected chi connectivity index (χ4v) is 1.66. The van der Waals surface area contributed by atoms with Gasteiger partial charge < -0.3 is 5.32 Å². The van der Waals surface area contributed by atoms with Crippen LogP contribution in [0.3, 0.4) is 0 Å². The Balaban J connectivity index is 2.66. The maximum Gasteiger partial charge on any atom is 0.251 e. The number of carbonyl (C=O) groups is 1. The van der Waals surface area contributed by atoms with Crippen molar-refractivity contribution in [3.63, 3.8) is 0 Å². The Morgan fingerprint density at radius 1 is 1.44 bits per heavy atom. The van der Waals surface area contributed by atoms with Crippen molar-refractivity contribution in [1.29, 1.82) is 0 Å². The molecule has 0 bridgehead atoms. The van der Waals surface area contributed by atoms with Gasteiger partial charge in [0.05, 0.1) is 0 Å². The smallest absolute Gasteiger partial charge is 0.251 e. The molecule has 3 heteroatoms. The van der Waals surface area contributed by atoms with E-state index in [1.165, 1.54) is 0 Å². The molecule has 1 aromatic rings. The van der Waals surface area contributed by atoms with E-state index >= 15 is 0 Å². The zero-order valence-corrected chi connectivity index (χ0v) is 10.9. The van der Waals surface area contributed by atoms with Crippen LogP contribution in [0.2, 0.25) is 0 Å². The van der Waals surface area contributed by atoms with Gasteiger partial charge in [0.15, 0.2) is 0 Å². The lowest BCUT2D eigenvalue weighted by Crippen LogP contribution is -2.36. The third-order valence-corrected chi connectivity index (χ3v) is 3.24. The zero-order chi connectivity index (χ0) is 12.1. The van der Waals surface area contributed by atoms with Gasteiger partial charge in [-0.3, -0.25) is 4.79 Å². The van der Waals surface area contributed by atoms with Crippen molar-refractivity contribution in [3.8, 4) is 0 Å². The van der Waals surface area contributed by atoms with E-state index in [4.69, 9.17) is 0 Å². The molecule has 0 aliphatic carbocycles. The topological polar surface area (TPSA) is 29.1 Å². The first kappa shape index (κ1) is 13.1. The van der Waals surface area contributed by atoms with Gasteiger partial charge in [0.25, 0.3) is 5.91 Å². The van der Waals surface area contributed by atoms with Crippen molar-refractivity contribution in [2.75, 3.05) is 0 Å². The molecule has 0 radical (unpaired) electrons. The van der Waals surface area contributed by atoms with Crippen LogP contribution in [-0.4, -0.2) is 11.9 Å². The number of benzene rings is 1. The highest BCUT2D eigenvalue weighted by molar-refractivity contribution is 7.80. The molecule has 2 unspecified atom stereocenters. The monoisotopic (exact) mass is 237 g/mol. The van der Waals surface area contributed by atoms with Crippen LogP contribution in [0.1, 0.15) is 37.6 Å². The average Bonchev–Trinajstić information content (AvgIpc) is 2.27. The van der Waals surface area contributed by atoms with Gasteiger partial charge in [-0.05, 0) is 31.0 Å². The Hall–Kier alpha value is -0.960. The van der Waals surface area contributed by atoms with Crippen LogP contribution in [-0.2, 0) is 0 Å². The molecule has 1 amide bonds. The van der Waals surface area contributed by atoms with Gasteiger partial charge in [0, 0.05) is 16.5 Å². The Morgan fingerprint density at radius 2 is 2.12 bits per heavy atom. The molecule has 2 atom stereocenters. The minimum atomic E-state index is -0.0244. The Morgan fingerprint density at radius 3 is 2.69 bits per heavy atom. The number of amides is 1. The first-order valence-corrected chi connectivity index (χ1v) is 6.09. The Kier molecular flexibility index (Phi) is 4.87. The molecule has 1 aromatic carbocycles. The standard InChI is InChI=1S/C13H19NOS/c1-4-9(2)10(3)14-13(15)11-6-5-7-12(16)8-11/h5-10,16H,4H2,1-3H3,(H,14,15). The van der Waals surface area contributed by atoms with E-state index in [0.29, 0.717) is 11.5 Å². The molecule has 1 rings (SSSR count). The van der Waals surface area contributed by atoms with Crippen molar-refractivity contribution in [3.05, 3.63) is 29.8 Å². The molecular weight excluding hydrogens is 218 g/mol. The van der Waals surface area contributed by atoms with E-state index < -0.39 is 0 Å². The lowest BCUT2D eigenvalue weighted by atomic mass is 10.0. The van der Waals surface area contributed by atoms with Gasteiger partial charge >= 0.3 is 0 Å². The lowest BCUT2D eigenvalue weighted by Gasteiger charge is -2.19. The fourth-order valence-electron chi connectivity index (χ4n) is 1.43. The summed E-state index contributed by atoms with van der Waals surface area (Å²) in [5, 5.41) is 3.00. The molecule has 0 saturated carbocycles. The second kappa shape index (κ2) is 5.94. The molecule has 88 valence electrons. The summed E-state index contributed by atoms with van der Waals surface area (Å²) in [6.07, 6.45) is 1.06. The number of hydrogen-bond acceptors (Lipinski definition) is 2. The molecule has 16 heavy (non-hydrogen) atoms. The van der Waals surface area contributed by atoms with Gasteiger partial charge in [-0.25, -0.2) is 0 Å². The first-order valence-electron chi connectivity index (χ1n) is 5.64. The molecule has 0 heterocycles. The summed E-state index contributed by atoms with van der Waals surface area (Å²) < 4.78 is 0. The largest absolute Gasteiger partial charge is 0.349 e. The zero-order valence-electron chi connectivity index (χ0n) is 10.0. The van der Waals surface area contributed by atoms with Gasteiger partial charge in [-0.1, -0.05) is 26.3 Å². The Labute approximate surface area is 103 Å². The second-order valence-electron chi connectivity index (χ2n) is 4.20. The summed E-state index contributed by atoms with van der Waals surface area (Å²) in [7, 11) is 0. The van der Waals surface area contributed by atoms with Gasteiger partial charge in [0.1, 0.15) is 0 Å². The van der Waals surface area contributed by atoms with Crippen LogP contribution in [0.15, 0.2) is 29.2 Å². The predicted molar refractivity (Wildman–Crippen MR) is 70.1 cm³/mol.